The normalized spacial score (nSPS) is 18.5. The van der Waals surface area contributed by atoms with Crippen molar-refractivity contribution < 1.29 is 24.2 Å². The lowest BCUT2D eigenvalue weighted by Gasteiger charge is -2.35. The van der Waals surface area contributed by atoms with Crippen LogP contribution in [0.15, 0.2) is 54.6 Å². The first-order valence-corrected chi connectivity index (χ1v) is 12.3. The summed E-state index contributed by atoms with van der Waals surface area (Å²) in [6, 6.07) is 14.6. The lowest BCUT2D eigenvalue weighted by atomic mass is 9.97. The monoisotopic (exact) mass is 495 g/mol. The molecule has 3 amide bonds. The first-order valence-electron chi connectivity index (χ1n) is 12.3. The fourth-order valence-corrected chi connectivity index (χ4v) is 4.18. The highest BCUT2D eigenvalue weighted by Gasteiger charge is 2.48. The summed E-state index contributed by atoms with van der Waals surface area (Å²) in [7, 11) is 0. The number of hydrogen-bond donors (Lipinski definition) is 3. The lowest BCUT2D eigenvalue weighted by molar-refractivity contribution is -0.144. The van der Waals surface area contributed by atoms with Gasteiger partial charge in [-0.15, -0.1) is 0 Å². The van der Waals surface area contributed by atoms with Crippen molar-refractivity contribution in [3.05, 3.63) is 71.3 Å². The highest BCUT2D eigenvalue weighted by atomic mass is 16.6. The molecule has 0 heterocycles. The van der Waals surface area contributed by atoms with E-state index in [1.54, 1.807) is 20.8 Å². The van der Waals surface area contributed by atoms with Crippen LogP contribution in [-0.2, 0) is 20.9 Å². The van der Waals surface area contributed by atoms with Crippen molar-refractivity contribution in [3.8, 4) is 0 Å². The van der Waals surface area contributed by atoms with Crippen LogP contribution < -0.4 is 10.6 Å². The van der Waals surface area contributed by atoms with Crippen LogP contribution in [0, 0.1) is 12.8 Å². The van der Waals surface area contributed by atoms with E-state index >= 15 is 0 Å². The molecule has 2 aromatic rings. The zero-order chi connectivity index (χ0) is 26.5. The topological polar surface area (TPSA) is 108 Å². The Morgan fingerprint density at radius 2 is 1.69 bits per heavy atom. The smallest absolute Gasteiger partial charge is 0.408 e. The molecule has 4 atom stereocenters. The zero-order valence-electron chi connectivity index (χ0n) is 21.7. The molecule has 1 saturated carbocycles. The molecule has 0 radical (unpaired) electrons. The van der Waals surface area contributed by atoms with E-state index in [9.17, 15) is 19.5 Å². The van der Waals surface area contributed by atoms with Crippen LogP contribution in [-0.4, -0.2) is 52.2 Å². The van der Waals surface area contributed by atoms with Gasteiger partial charge in [0.15, 0.2) is 0 Å². The number of carbonyl (C=O) groups excluding carboxylic acids is 3. The summed E-state index contributed by atoms with van der Waals surface area (Å²) in [5.41, 5.74) is 1.74. The number of ether oxygens (including phenoxy) is 1. The molecule has 8 heteroatoms. The minimum absolute atomic E-state index is 0.184. The third-order valence-electron chi connectivity index (χ3n) is 6.17. The molecule has 0 spiro atoms. The van der Waals surface area contributed by atoms with Crippen molar-refractivity contribution in [2.75, 3.05) is 6.61 Å². The largest absolute Gasteiger partial charge is 0.444 e. The number of benzene rings is 2. The van der Waals surface area contributed by atoms with Gasteiger partial charge < -0.3 is 25.4 Å². The SMILES string of the molecule is Cc1ccccc1C(C(=O)NCc1ccccc1)N(C(=O)C(CO)NC(=O)OC(C)(C)C)C1CC1C. The molecular formula is C28H37N3O5. The fraction of sp³-hybridized carbons (Fsp3) is 0.464. The molecule has 2 aromatic carbocycles. The van der Waals surface area contributed by atoms with Gasteiger partial charge in [0.25, 0.3) is 0 Å². The predicted molar refractivity (Wildman–Crippen MR) is 137 cm³/mol. The average Bonchev–Trinajstić information content (AvgIpc) is 3.54. The van der Waals surface area contributed by atoms with E-state index in [-0.39, 0.29) is 17.9 Å². The van der Waals surface area contributed by atoms with Gasteiger partial charge in [0, 0.05) is 12.6 Å². The van der Waals surface area contributed by atoms with Crippen LogP contribution in [0.25, 0.3) is 0 Å². The average molecular weight is 496 g/mol. The standard InChI is InChI=1S/C28H37N3O5/c1-18-11-9-10-14-21(18)24(25(33)29-16-20-12-7-6-8-13-20)31(23-15-19(23)2)26(34)22(17-32)30-27(35)36-28(3,4)5/h6-14,19,22-24,32H,15-17H2,1-5H3,(H,29,33)(H,30,35). The van der Waals surface area contributed by atoms with Crippen molar-refractivity contribution in [1.29, 1.82) is 0 Å². The molecule has 0 aliphatic heterocycles. The molecule has 1 aliphatic carbocycles. The second kappa shape index (κ2) is 11.6. The van der Waals surface area contributed by atoms with E-state index in [0.717, 1.165) is 17.5 Å². The number of aliphatic hydroxyl groups is 1. The molecule has 0 saturated heterocycles. The van der Waals surface area contributed by atoms with Gasteiger partial charge in [-0.1, -0.05) is 61.5 Å². The van der Waals surface area contributed by atoms with Gasteiger partial charge in [0.05, 0.1) is 6.61 Å². The van der Waals surface area contributed by atoms with Crippen LogP contribution in [0.3, 0.4) is 0 Å². The highest BCUT2D eigenvalue weighted by Crippen LogP contribution is 2.41. The van der Waals surface area contributed by atoms with Gasteiger partial charge in [-0.25, -0.2) is 4.79 Å². The summed E-state index contributed by atoms with van der Waals surface area (Å²) >= 11 is 0. The number of nitrogens with zero attached hydrogens (tertiary/aromatic N) is 1. The van der Waals surface area contributed by atoms with Crippen molar-refractivity contribution in [1.82, 2.24) is 15.5 Å². The van der Waals surface area contributed by atoms with Gasteiger partial charge in [0.1, 0.15) is 17.7 Å². The fourth-order valence-electron chi connectivity index (χ4n) is 4.18. The molecule has 4 unspecified atom stereocenters. The van der Waals surface area contributed by atoms with E-state index in [4.69, 9.17) is 4.74 Å². The third kappa shape index (κ3) is 7.07. The zero-order valence-corrected chi connectivity index (χ0v) is 21.7. The number of carbonyl (C=O) groups is 3. The first kappa shape index (κ1) is 27.2. The van der Waals surface area contributed by atoms with E-state index in [0.29, 0.717) is 12.1 Å². The number of rotatable bonds is 9. The lowest BCUT2D eigenvalue weighted by Crippen LogP contribution is -2.55. The maximum Gasteiger partial charge on any atom is 0.408 e. The van der Waals surface area contributed by atoms with Gasteiger partial charge in [0.2, 0.25) is 11.8 Å². The van der Waals surface area contributed by atoms with Gasteiger partial charge in [-0.2, -0.15) is 0 Å². The summed E-state index contributed by atoms with van der Waals surface area (Å²) < 4.78 is 5.29. The number of alkyl carbamates (subject to hydrolysis) is 1. The number of hydrogen-bond acceptors (Lipinski definition) is 5. The van der Waals surface area contributed by atoms with Crippen LogP contribution in [0.4, 0.5) is 4.79 Å². The summed E-state index contributed by atoms with van der Waals surface area (Å²) in [6.45, 7) is 8.74. The summed E-state index contributed by atoms with van der Waals surface area (Å²) in [6.07, 6.45) is -0.0790. The Hall–Kier alpha value is -3.39. The van der Waals surface area contributed by atoms with E-state index in [1.165, 1.54) is 4.90 Å². The Morgan fingerprint density at radius 1 is 1.08 bits per heavy atom. The minimum atomic E-state index is -1.25. The Balaban J connectivity index is 1.93. The van der Waals surface area contributed by atoms with Crippen molar-refractivity contribution in [2.24, 2.45) is 5.92 Å². The second-order valence-corrected chi connectivity index (χ2v) is 10.4. The summed E-state index contributed by atoms with van der Waals surface area (Å²) in [5, 5.41) is 15.5. The van der Waals surface area contributed by atoms with Crippen LogP contribution >= 0.6 is 0 Å². The molecular weight excluding hydrogens is 458 g/mol. The van der Waals surface area contributed by atoms with Gasteiger partial charge in [-0.3, -0.25) is 9.59 Å². The van der Waals surface area contributed by atoms with Crippen LogP contribution in [0.2, 0.25) is 0 Å². The van der Waals surface area contributed by atoms with E-state index < -0.39 is 36.3 Å². The first-order chi connectivity index (χ1) is 17.0. The van der Waals surface area contributed by atoms with Gasteiger partial charge >= 0.3 is 6.09 Å². The van der Waals surface area contributed by atoms with Crippen LogP contribution in [0.5, 0.6) is 0 Å². The number of amides is 3. The second-order valence-electron chi connectivity index (χ2n) is 10.4. The molecule has 36 heavy (non-hydrogen) atoms. The van der Waals surface area contributed by atoms with E-state index in [1.807, 2.05) is 68.4 Å². The van der Waals surface area contributed by atoms with Crippen LogP contribution in [0.1, 0.15) is 56.8 Å². The molecule has 0 aromatic heterocycles. The Kier molecular flexibility index (Phi) is 8.74. The molecule has 8 nitrogen and oxygen atoms in total. The number of aliphatic hydroxyl groups excluding tert-OH is 1. The number of nitrogens with one attached hydrogen (secondary N) is 2. The molecule has 1 aliphatic rings. The predicted octanol–water partition coefficient (Wildman–Crippen LogP) is 3.48. The number of aryl methyl sites for hydroxylation is 1. The molecule has 3 rings (SSSR count). The van der Waals surface area contributed by atoms with Crippen molar-refractivity contribution in [2.45, 2.75) is 71.3 Å². The Morgan fingerprint density at radius 3 is 2.25 bits per heavy atom. The molecule has 0 bridgehead atoms. The van der Waals surface area contributed by atoms with E-state index in [2.05, 4.69) is 10.6 Å². The molecule has 194 valence electrons. The summed E-state index contributed by atoms with van der Waals surface area (Å²) in [4.78, 5) is 41.4. The van der Waals surface area contributed by atoms with Crippen molar-refractivity contribution >= 4 is 17.9 Å². The maximum absolute atomic E-state index is 13.8. The maximum atomic E-state index is 13.8. The highest BCUT2D eigenvalue weighted by molar-refractivity contribution is 5.93. The molecule has 1 fully saturated rings. The Bertz CT molecular complexity index is 1070. The quantitative estimate of drug-likeness (QED) is 0.494. The summed E-state index contributed by atoms with van der Waals surface area (Å²) in [5.74, 6) is -0.668. The molecule has 3 N–H and O–H groups in total. The van der Waals surface area contributed by atoms with Crippen molar-refractivity contribution in [3.63, 3.8) is 0 Å². The van der Waals surface area contributed by atoms with Gasteiger partial charge in [-0.05, 0) is 56.7 Å². The Labute approximate surface area is 213 Å². The minimum Gasteiger partial charge on any atom is -0.444 e. The third-order valence-corrected chi connectivity index (χ3v) is 6.17.